The minimum Gasteiger partial charge on any atom is -0.344 e. The summed E-state index contributed by atoms with van der Waals surface area (Å²) in [6.45, 7) is 0. The van der Waals surface area contributed by atoms with Gasteiger partial charge in [0.25, 0.3) is 0 Å². The molecule has 0 N–H and O–H groups in total. The fraction of sp³-hybridized carbons (Fsp3) is 0.0323. The Labute approximate surface area is 198 Å². The van der Waals surface area contributed by atoms with Crippen molar-refractivity contribution in [3.8, 4) is 0 Å². The van der Waals surface area contributed by atoms with Gasteiger partial charge in [0.05, 0.1) is 22.1 Å². The minimum atomic E-state index is 1.28. The van der Waals surface area contributed by atoms with E-state index in [1.165, 1.54) is 80.1 Å². The van der Waals surface area contributed by atoms with Crippen LogP contribution in [0, 0.1) is 0 Å². The van der Waals surface area contributed by atoms with Gasteiger partial charge in [0.1, 0.15) is 0 Å². The summed E-state index contributed by atoms with van der Waals surface area (Å²) >= 11 is 1.90. The van der Waals surface area contributed by atoms with Crippen LogP contribution in [0.1, 0.15) is 0 Å². The van der Waals surface area contributed by atoms with Crippen LogP contribution in [-0.2, 0) is 7.05 Å². The number of aryl methyl sites for hydroxylation is 1. The molecule has 5 aromatic carbocycles. The van der Waals surface area contributed by atoms with E-state index in [9.17, 15) is 0 Å². The standard InChI is InChI=1S/C31H18N2S/c1-32-23-11-5-8-18-19-9-4-10-20-21-16-28-22(17-7-2-3-14-27(17)34-28)15-26(21)33(31(19)20)25-13-6-12-24(32)30(25)29(18)23/h2-16H,1H3. The van der Waals surface area contributed by atoms with Crippen LogP contribution in [0.2, 0.25) is 0 Å². The van der Waals surface area contributed by atoms with Crippen LogP contribution in [-0.4, -0.2) is 8.97 Å². The number of fused-ring (bicyclic) bond motifs is 8. The molecule has 0 fully saturated rings. The van der Waals surface area contributed by atoms with Gasteiger partial charge in [0.15, 0.2) is 0 Å². The molecule has 4 heterocycles. The van der Waals surface area contributed by atoms with Crippen LogP contribution in [0.5, 0.6) is 0 Å². The van der Waals surface area contributed by atoms with Crippen molar-refractivity contribution in [1.29, 1.82) is 0 Å². The third-order valence-corrected chi connectivity index (χ3v) is 8.99. The Hall–Kier alpha value is -4.08. The Bertz CT molecular complexity index is 2290. The molecule has 0 saturated heterocycles. The van der Waals surface area contributed by atoms with Crippen LogP contribution in [0.15, 0.2) is 91.0 Å². The van der Waals surface area contributed by atoms with Crippen LogP contribution >= 0.6 is 11.3 Å². The van der Waals surface area contributed by atoms with Crippen LogP contribution in [0.4, 0.5) is 0 Å². The number of benzene rings is 5. The highest BCUT2D eigenvalue weighted by Gasteiger charge is 2.20. The van der Waals surface area contributed by atoms with Crippen LogP contribution < -0.4 is 0 Å². The molecule has 0 spiro atoms. The maximum absolute atomic E-state index is 2.54. The first kappa shape index (κ1) is 17.4. The molecule has 9 aromatic rings. The number of aromatic nitrogens is 2. The minimum absolute atomic E-state index is 1.28. The van der Waals surface area contributed by atoms with Gasteiger partial charge < -0.3 is 8.97 Å². The smallest absolute Gasteiger partial charge is 0.0619 e. The van der Waals surface area contributed by atoms with Crippen molar-refractivity contribution >= 4 is 91.4 Å². The molecule has 0 aliphatic carbocycles. The number of para-hydroxylation sites is 1. The normalized spacial score (nSPS) is 12.9. The first-order chi connectivity index (χ1) is 16.8. The zero-order valence-corrected chi connectivity index (χ0v) is 19.3. The molecule has 0 aliphatic heterocycles. The van der Waals surface area contributed by atoms with E-state index in [1.54, 1.807) is 0 Å². The lowest BCUT2D eigenvalue weighted by Gasteiger charge is -2.03. The van der Waals surface area contributed by atoms with E-state index in [1.807, 2.05) is 11.3 Å². The molecule has 158 valence electrons. The predicted octanol–water partition coefficient (Wildman–Crippen LogP) is 8.85. The fourth-order valence-corrected chi connectivity index (χ4v) is 7.56. The van der Waals surface area contributed by atoms with E-state index < -0.39 is 0 Å². The summed E-state index contributed by atoms with van der Waals surface area (Å²) < 4.78 is 7.59. The Morgan fingerprint density at radius 1 is 0.500 bits per heavy atom. The number of rotatable bonds is 0. The highest BCUT2D eigenvalue weighted by atomic mass is 32.1. The van der Waals surface area contributed by atoms with Crippen molar-refractivity contribution in [3.05, 3.63) is 91.0 Å². The first-order valence-electron chi connectivity index (χ1n) is 11.7. The maximum atomic E-state index is 2.54. The zero-order valence-electron chi connectivity index (χ0n) is 18.5. The highest BCUT2D eigenvalue weighted by Crippen LogP contribution is 2.44. The Morgan fingerprint density at radius 2 is 1.18 bits per heavy atom. The van der Waals surface area contributed by atoms with Gasteiger partial charge in [-0.2, -0.15) is 0 Å². The van der Waals surface area contributed by atoms with Gasteiger partial charge in [-0.3, -0.25) is 0 Å². The number of thiophene rings is 1. The molecule has 0 aliphatic rings. The van der Waals surface area contributed by atoms with E-state index in [-0.39, 0.29) is 0 Å². The van der Waals surface area contributed by atoms with Crippen LogP contribution in [0.25, 0.3) is 80.1 Å². The van der Waals surface area contributed by atoms with Gasteiger partial charge in [-0.15, -0.1) is 11.3 Å². The average Bonchev–Trinajstić information content (AvgIpc) is 3.47. The molecule has 0 bridgehead atoms. The van der Waals surface area contributed by atoms with E-state index >= 15 is 0 Å². The zero-order chi connectivity index (χ0) is 22.1. The van der Waals surface area contributed by atoms with Crippen molar-refractivity contribution in [3.63, 3.8) is 0 Å². The molecule has 9 rings (SSSR count). The largest absolute Gasteiger partial charge is 0.344 e. The summed E-state index contributed by atoms with van der Waals surface area (Å²) in [4.78, 5) is 0. The molecule has 0 amide bonds. The van der Waals surface area contributed by atoms with Gasteiger partial charge >= 0.3 is 0 Å². The third kappa shape index (κ3) is 1.84. The summed E-state index contributed by atoms with van der Waals surface area (Å²) in [7, 11) is 2.19. The van der Waals surface area contributed by atoms with Gasteiger partial charge in [-0.05, 0) is 41.8 Å². The summed E-state index contributed by atoms with van der Waals surface area (Å²) in [5.74, 6) is 0. The van der Waals surface area contributed by atoms with Gasteiger partial charge in [-0.25, -0.2) is 0 Å². The van der Waals surface area contributed by atoms with Gasteiger partial charge in [0.2, 0.25) is 0 Å². The summed E-state index contributed by atoms with van der Waals surface area (Å²) in [5.41, 5.74) is 6.46. The summed E-state index contributed by atoms with van der Waals surface area (Å²) in [6.07, 6.45) is 0. The maximum Gasteiger partial charge on any atom is 0.0619 e. The molecular formula is C31H18N2S. The molecule has 4 aromatic heterocycles. The van der Waals surface area contributed by atoms with Crippen molar-refractivity contribution in [2.45, 2.75) is 0 Å². The Morgan fingerprint density at radius 3 is 2.09 bits per heavy atom. The van der Waals surface area contributed by atoms with Crippen LogP contribution in [0.3, 0.4) is 0 Å². The Balaban J connectivity index is 1.70. The highest BCUT2D eigenvalue weighted by molar-refractivity contribution is 7.25. The van der Waals surface area contributed by atoms with E-state index in [2.05, 4.69) is 107 Å². The number of hydrogen-bond acceptors (Lipinski definition) is 1. The van der Waals surface area contributed by atoms with E-state index in [4.69, 9.17) is 0 Å². The lowest BCUT2D eigenvalue weighted by molar-refractivity contribution is 1.01. The monoisotopic (exact) mass is 450 g/mol. The molecule has 34 heavy (non-hydrogen) atoms. The quantitative estimate of drug-likeness (QED) is 0.218. The van der Waals surface area contributed by atoms with Crippen molar-refractivity contribution in [2.75, 3.05) is 0 Å². The van der Waals surface area contributed by atoms with Crippen molar-refractivity contribution in [1.82, 2.24) is 8.97 Å². The lowest BCUT2D eigenvalue weighted by atomic mass is 10.0. The number of hydrogen-bond donors (Lipinski definition) is 0. The fourth-order valence-electron chi connectivity index (χ4n) is 6.44. The van der Waals surface area contributed by atoms with Gasteiger partial charge in [-0.1, -0.05) is 54.6 Å². The topological polar surface area (TPSA) is 9.34 Å². The molecule has 0 radical (unpaired) electrons. The molecule has 0 atom stereocenters. The molecule has 0 saturated carbocycles. The third-order valence-electron chi connectivity index (χ3n) is 7.85. The second-order valence-electron chi connectivity index (χ2n) is 9.43. The molecule has 2 nitrogen and oxygen atoms in total. The lowest BCUT2D eigenvalue weighted by Crippen LogP contribution is -1.88. The second-order valence-corrected chi connectivity index (χ2v) is 10.5. The SMILES string of the molecule is Cn1c2cccc3c4cccc5c6cc7sc8ccccc8c7cc6n(c6cccc1c6c32)c45. The molecule has 0 unspecified atom stereocenters. The van der Waals surface area contributed by atoms with Crippen molar-refractivity contribution in [2.24, 2.45) is 7.05 Å². The molecule has 3 heteroatoms. The summed E-state index contributed by atoms with van der Waals surface area (Å²) in [6, 6.07) is 34.0. The van der Waals surface area contributed by atoms with E-state index in [0.717, 1.165) is 0 Å². The molecular weight excluding hydrogens is 432 g/mol. The second kappa shape index (κ2) is 5.69. The van der Waals surface area contributed by atoms with E-state index in [0.29, 0.717) is 0 Å². The number of nitrogens with zero attached hydrogens (tertiary/aromatic N) is 2. The first-order valence-corrected chi connectivity index (χ1v) is 12.5. The Kier molecular flexibility index (Phi) is 2.91. The van der Waals surface area contributed by atoms with Gasteiger partial charge in [0, 0.05) is 59.7 Å². The van der Waals surface area contributed by atoms with Crippen molar-refractivity contribution < 1.29 is 0 Å². The average molecular weight is 451 g/mol. The summed E-state index contributed by atoms with van der Waals surface area (Å²) in [5, 5.41) is 10.7. The predicted molar refractivity (Wildman–Crippen MR) is 148 cm³/mol.